The molecular weight excluding hydrogens is 436 g/mol. The second-order valence-corrected chi connectivity index (χ2v) is 11.3. The highest BCUT2D eigenvalue weighted by molar-refractivity contribution is 7.91. The van der Waals surface area contributed by atoms with Crippen LogP contribution in [-0.4, -0.2) is 44.4 Å². The van der Waals surface area contributed by atoms with E-state index in [0.717, 1.165) is 46.8 Å². The number of fused-ring (bicyclic) bond motifs is 1. The van der Waals surface area contributed by atoms with Gasteiger partial charge in [-0.2, -0.15) is 4.31 Å². The highest BCUT2D eigenvalue weighted by Gasteiger charge is 2.28. The summed E-state index contributed by atoms with van der Waals surface area (Å²) in [5.41, 5.74) is 1.99. The SMILES string of the molecule is CCOc1cc2c(cc1CNC(=O)Cc1ccc(S(=O)(=O)N3CCCC3)s1)OC(C)C2. The van der Waals surface area contributed by atoms with Gasteiger partial charge in [0.2, 0.25) is 5.91 Å². The molecule has 31 heavy (non-hydrogen) atoms. The highest BCUT2D eigenvalue weighted by atomic mass is 32.2. The first-order chi connectivity index (χ1) is 14.9. The summed E-state index contributed by atoms with van der Waals surface area (Å²) in [6.07, 6.45) is 2.93. The number of sulfonamides is 1. The van der Waals surface area contributed by atoms with Crippen LogP contribution in [0.4, 0.5) is 0 Å². The van der Waals surface area contributed by atoms with Gasteiger partial charge in [-0.1, -0.05) is 0 Å². The Morgan fingerprint density at radius 3 is 2.81 bits per heavy atom. The number of nitrogens with one attached hydrogen (secondary N) is 1. The van der Waals surface area contributed by atoms with Crippen LogP contribution in [0.1, 0.15) is 42.7 Å². The quantitative estimate of drug-likeness (QED) is 0.649. The summed E-state index contributed by atoms with van der Waals surface area (Å²) >= 11 is 1.17. The van der Waals surface area contributed by atoms with Gasteiger partial charge in [-0.05, 0) is 51.0 Å². The zero-order chi connectivity index (χ0) is 22.0. The lowest BCUT2D eigenvalue weighted by Gasteiger charge is -2.13. The number of carbonyl (C=O) groups is 1. The van der Waals surface area contributed by atoms with E-state index in [-0.39, 0.29) is 18.4 Å². The second-order valence-electron chi connectivity index (χ2n) is 7.92. The third kappa shape index (κ3) is 4.88. The smallest absolute Gasteiger partial charge is 0.252 e. The number of rotatable bonds is 8. The molecule has 3 heterocycles. The summed E-state index contributed by atoms with van der Waals surface area (Å²) in [6.45, 7) is 5.96. The van der Waals surface area contributed by atoms with Gasteiger partial charge in [0.15, 0.2) is 0 Å². The van der Waals surface area contributed by atoms with Crippen molar-refractivity contribution < 1.29 is 22.7 Å². The van der Waals surface area contributed by atoms with Crippen molar-refractivity contribution in [1.29, 1.82) is 0 Å². The minimum absolute atomic E-state index is 0.138. The fourth-order valence-corrected chi connectivity index (χ4v) is 7.00. The third-order valence-corrected chi connectivity index (χ3v) is 8.94. The monoisotopic (exact) mass is 464 g/mol. The molecule has 9 heteroatoms. The van der Waals surface area contributed by atoms with Crippen molar-refractivity contribution in [3.63, 3.8) is 0 Å². The van der Waals surface area contributed by atoms with Crippen LogP contribution in [0, 0.1) is 0 Å². The van der Waals surface area contributed by atoms with E-state index in [0.29, 0.717) is 30.5 Å². The van der Waals surface area contributed by atoms with E-state index in [1.165, 1.54) is 15.6 Å². The molecule has 1 saturated heterocycles. The Kier molecular flexibility index (Phi) is 6.55. The van der Waals surface area contributed by atoms with Crippen LogP contribution in [0.3, 0.4) is 0 Å². The lowest BCUT2D eigenvalue weighted by atomic mass is 10.1. The van der Waals surface area contributed by atoms with Gasteiger partial charge in [0.25, 0.3) is 10.0 Å². The molecular formula is C22H28N2O5S2. The number of hydrogen-bond donors (Lipinski definition) is 1. The first-order valence-corrected chi connectivity index (χ1v) is 12.9. The van der Waals surface area contributed by atoms with Gasteiger partial charge < -0.3 is 14.8 Å². The number of hydrogen-bond acceptors (Lipinski definition) is 6. The number of carbonyl (C=O) groups excluding carboxylic acids is 1. The average Bonchev–Trinajstić information content (AvgIpc) is 3.47. The molecule has 1 fully saturated rings. The van der Waals surface area contributed by atoms with Crippen LogP contribution in [0.2, 0.25) is 0 Å². The van der Waals surface area contributed by atoms with E-state index in [1.54, 1.807) is 12.1 Å². The first kappa shape index (κ1) is 22.1. The van der Waals surface area contributed by atoms with Gasteiger partial charge in [0.05, 0.1) is 13.0 Å². The molecule has 1 N–H and O–H groups in total. The fourth-order valence-electron chi connectivity index (χ4n) is 3.97. The second kappa shape index (κ2) is 9.18. The maximum absolute atomic E-state index is 12.7. The zero-order valence-corrected chi connectivity index (χ0v) is 19.5. The molecule has 1 atom stereocenters. The molecule has 0 aliphatic carbocycles. The summed E-state index contributed by atoms with van der Waals surface area (Å²) in [6, 6.07) is 7.27. The van der Waals surface area contributed by atoms with Crippen molar-refractivity contribution in [1.82, 2.24) is 9.62 Å². The zero-order valence-electron chi connectivity index (χ0n) is 17.8. The lowest BCUT2D eigenvalue weighted by Crippen LogP contribution is -2.27. The van der Waals surface area contributed by atoms with Crippen molar-refractivity contribution in [2.75, 3.05) is 19.7 Å². The van der Waals surface area contributed by atoms with E-state index >= 15 is 0 Å². The van der Waals surface area contributed by atoms with E-state index in [4.69, 9.17) is 9.47 Å². The highest BCUT2D eigenvalue weighted by Crippen LogP contribution is 2.35. The van der Waals surface area contributed by atoms with Crippen LogP contribution in [0.5, 0.6) is 11.5 Å². The van der Waals surface area contributed by atoms with Gasteiger partial charge in [0.1, 0.15) is 21.8 Å². The van der Waals surface area contributed by atoms with Crippen molar-refractivity contribution in [2.45, 2.75) is 56.4 Å². The van der Waals surface area contributed by atoms with E-state index < -0.39 is 10.0 Å². The van der Waals surface area contributed by atoms with Crippen molar-refractivity contribution in [2.24, 2.45) is 0 Å². The van der Waals surface area contributed by atoms with E-state index in [1.807, 2.05) is 26.0 Å². The largest absolute Gasteiger partial charge is 0.494 e. The Labute approximate surface area is 187 Å². The minimum Gasteiger partial charge on any atom is -0.494 e. The van der Waals surface area contributed by atoms with Gasteiger partial charge in [-0.15, -0.1) is 11.3 Å². The third-order valence-electron chi connectivity index (χ3n) is 5.49. The predicted molar refractivity (Wildman–Crippen MR) is 119 cm³/mol. The number of ether oxygens (including phenoxy) is 2. The number of thiophene rings is 1. The van der Waals surface area contributed by atoms with Crippen LogP contribution in [0.15, 0.2) is 28.5 Å². The average molecular weight is 465 g/mol. The molecule has 1 aromatic carbocycles. The van der Waals surface area contributed by atoms with Crippen molar-refractivity contribution in [3.05, 3.63) is 40.3 Å². The number of nitrogens with zero attached hydrogens (tertiary/aromatic N) is 1. The Morgan fingerprint density at radius 1 is 1.29 bits per heavy atom. The van der Waals surface area contributed by atoms with Gasteiger partial charge in [-0.3, -0.25) is 4.79 Å². The molecule has 2 aliphatic heterocycles. The maximum atomic E-state index is 12.7. The Hall–Kier alpha value is -2.10. The molecule has 0 spiro atoms. The summed E-state index contributed by atoms with van der Waals surface area (Å²) in [4.78, 5) is 13.2. The first-order valence-electron chi connectivity index (χ1n) is 10.7. The topological polar surface area (TPSA) is 84.9 Å². The van der Waals surface area contributed by atoms with Crippen LogP contribution in [0.25, 0.3) is 0 Å². The Morgan fingerprint density at radius 2 is 2.06 bits per heavy atom. The summed E-state index contributed by atoms with van der Waals surface area (Å²) in [7, 11) is -3.44. The minimum atomic E-state index is -3.44. The number of benzene rings is 1. The lowest BCUT2D eigenvalue weighted by molar-refractivity contribution is -0.120. The molecule has 168 valence electrons. The van der Waals surface area contributed by atoms with Crippen LogP contribution < -0.4 is 14.8 Å². The fraction of sp³-hybridized carbons (Fsp3) is 0.500. The van der Waals surface area contributed by atoms with Crippen molar-refractivity contribution >= 4 is 27.3 Å². The van der Waals surface area contributed by atoms with E-state index in [9.17, 15) is 13.2 Å². The van der Waals surface area contributed by atoms with Gasteiger partial charge >= 0.3 is 0 Å². The Balaban J connectivity index is 1.39. The molecule has 0 radical (unpaired) electrons. The van der Waals surface area contributed by atoms with Gasteiger partial charge in [-0.25, -0.2) is 8.42 Å². The molecule has 1 aromatic heterocycles. The van der Waals surface area contributed by atoms with Gasteiger partial charge in [0, 0.05) is 42.1 Å². The number of amides is 1. The summed E-state index contributed by atoms with van der Waals surface area (Å²) in [5.74, 6) is 1.44. The molecule has 0 saturated carbocycles. The molecule has 0 bridgehead atoms. The molecule has 2 aliphatic rings. The molecule has 7 nitrogen and oxygen atoms in total. The van der Waals surface area contributed by atoms with Crippen LogP contribution in [-0.2, 0) is 34.2 Å². The Bertz CT molecular complexity index is 1060. The van der Waals surface area contributed by atoms with Crippen LogP contribution >= 0.6 is 11.3 Å². The summed E-state index contributed by atoms with van der Waals surface area (Å²) < 4.78 is 38.8. The molecule has 2 aromatic rings. The standard InChI is InChI=1S/C22H28N2O5S2/c1-3-28-19-11-16-10-15(2)29-20(16)12-17(19)14-23-21(25)13-18-6-7-22(30-18)31(26,27)24-8-4-5-9-24/h6-7,11-12,15H,3-5,8-10,13-14H2,1-2H3,(H,23,25). The summed E-state index contributed by atoms with van der Waals surface area (Å²) in [5, 5.41) is 2.92. The van der Waals surface area contributed by atoms with Crippen molar-refractivity contribution in [3.8, 4) is 11.5 Å². The normalized spacial score (nSPS) is 18.6. The predicted octanol–water partition coefficient (Wildman–Crippen LogP) is 3.11. The van der Waals surface area contributed by atoms with E-state index in [2.05, 4.69) is 5.32 Å². The molecule has 4 rings (SSSR count). The molecule has 1 unspecified atom stereocenters. The molecule has 1 amide bonds. The maximum Gasteiger partial charge on any atom is 0.252 e.